The average Bonchev–Trinajstić information content (AvgIpc) is 3.07. The normalized spacial score (nSPS) is 18.6. The fourth-order valence-corrected chi connectivity index (χ4v) is 3.24. The number of amides is 1. The number of carbonyl (C=O) groups is 1. The van der Waals surface area contributed by atoms with E-state index in [0.717, 1.165) is 17.9 Å². The first-order valence-electron chi connectivity index (χ1n) is 6.58. The molecule has 0 aromatic carbocycles. The van der Waals surface area contributed by atoms with Crippen molar-refractivity contribution in [3.05, 3.63) is 40.6 Å². The fourth-order valence-electron chi connectivity index (χ4n) is 2.61. The van der Waals surface area contributed by atoms with E-state index in [1.807, 2.05) is 27.9 Å². The van der Waals surface area contributed by atoms with Crippen LogP contribution in [0, 0.1) is 5.92 Å². The first kappa shape index (κ1) is 13.3. The molecular formula is C14H17N3O2S. The van der Waals surface area contributed by atoms with Crippen molar-refractivity contribution >= 4 is 17.2 Å². The molecule has 0 bridgehead atoms. The molecule has 1 amide bonds. The summed E-state index contributed by atoms with van der Waals surface area (Å²) in [6.45, 7) is 2.75. The second kappa shape index (κ2) is 5.76. The number of carbonyl (C=O) groups excluding carboxylic acids is 1. The monoisotopic (exact) mass is 291 g/mol. The van der Waals surface area contributed by atoms with Crippen LogP contribution < -0.4 is 0 Å². The molecule has 0 aliphatic carbocycles. The summed E-state index contributed by atoms with van der Waals surface area (Å²) in [5, 5.41) is 3.82. The molecule has 0 radical (unpaired) electrons. The van der Waals surface area contributed by atoms with Gasteiger partial charge in [-0.15, -0.1) is 0 Å². The number of thiophene rings is 1. The van der Waals surface area contributed by atoms with E-state index < -0.39 is 0 Å². The van der Waals surface area contributed by atoms with Gasteiger partial charge in [0, 0.05) is 43.9 Å². The van der Waals surface area contributed by atoms with Crippen molar-refractivity contribution in [2.45, 2.75) is 13.1 Å². The summed E-state index contributed by atoms with van der Waals surface area (Å²) in [5.74, 6) is 1.30. The predicted octanol–water partition coefficient (Wildman–Crippen LogP) is 1.86. The smallest absolute Gasteiger partial charge is 0.255 e. The zero-order chi connectivity index (χ0) is 13.9. The van der Waals surface area contributed by atoms with Gasteiger partial charge in [-0.25, -0.2) is 4.98 Å². The lowest BCUT2D eigenvalue weighted by molar-refractivity contribution is 0.0666. The van der Waals surface area contributed by atoms with Gasteiger partial charge in [0.2, 0.25) is 0 Å². The molecule has 5 nitrogen and oxygen atoms in total. The van der Waals surface area contributed by atoms with Crippen molar-refractivity contribution in [1.29, 1.82) is 0 Å². The highest BCUT2D eigenvalue weighted by Crippen LogP contribution is 2.19. The lowest BCUT2D eigenvalue weighted by Gasteiger charge is -2.23. The van der Waals surface area contributed by atoms with E-state index >= 15 is 0 Å². The quantitative estimate of drug-likeness (QED) is 0.867. The third-order valence-electron chi connectivity index (χ3n) is 3.53. The lowest BCUT2D eigenvalue weighted by atomic mass is 10.1. The van der Waals surface area contributed by atoms with Crippen LogP contribution in [0.15, 0.2) is 29.2 Å². The van der Waals surface area contributed by atoms with Gasteiger partial charge in [0.15, 0.2) is 0 Å². The Labute approximate surface area is 121 Å². The van der Waals surface area contributed by atoms with E-state index in [1.165, 1.54) is 0 Å². The van der Waals surface area contributed by atoms with Gasteiger partial charge >= 0.3 is 0 Å². The molecule has 1 atom stereocenters. The Morgan fingerprint density at radius 2 is 2.45 bits per heavy atom. The van der Waals surface area contributed by atoms with Gasteiger partial charge in [0.1, 0.15) is 5.82 Å². The molecule has 0 saturated carbocycles. The molecule has 2 aromatic rings. The topological polar surface area (TPSA) is 47.4 Å². The van der Waals surface area contributed by atoms with Crippen molar-refractivity contribution in [3.8, 4) is 0 Å². The number of nitrogens with zero attached hydrogens (tertiary/aromatic N) is 3. The Hall–Kier alpha value is -1.66. The third-order valence-corrected chi connectivity index (χ3v) is 4.21. The minimum Gasteiger partial charge on any atom is -0.384 e. The number of methoxy groups -OCH3 is 1. The second-order valence-corrected chi connectivity index (χ2v) is 5.79. The van der Waals surface area contributed by atoms with Crippen LogP contribution in [0.5, 0.6) is 0 Å². The Morgan fingerprint density at radius 3 is 3.20 bits per heavy atom. The zero-order valence-corrected chi connectivity index (χ0v) is 12.2. The van der Waals surface area contributed by atoms with E-state index in [2.05, 4.69) is 9.55 Å². The molecule has 6 heteroatoms. The van der Waals surface area contributed by atoms with E-state index in [9.17, 15) is 4.79 Å². The third kappa shape index (κ3) is 2.62. The van der Waals surface area contributed by atoms with Crippen LogP contribution >= 0.6 is 11.3 Å². The Morgan fingerprint density at radius 1 is 1.55 bits per heavy atom. The molecule has 0 spiro atoms. The Balaban J connectivity index is 1.85. The summed E-state index contributed by atoms with van der Waals surface area (Å²) >= 11 is 1.54. The van der Waals surface area contributed by atoms with Crippen LogP contribution in [0.4, 0.5) is 0 Å². The van der Waals surface area contributed by atoms with Crippen LogP contribution in [0.3, 0.4) is 0 Å². The summed E-state index contributed by atoms with van der Waals surface area (Å²) < 4.78 is 7.39. The van der Waals surface area contributed by atoms with Crippen molar-refractivity contribution < 1.29 is 9.53 Å². The molecule has 3 rings (SSSR count). The van der Waals surface area contributed by atoms with Crippen LogP contribution in [0.1, 0.15) is 16.2 Å². The first-order chi connectivity index (χ1) is 9.78. The van der Waals surface area contributed by atoms with Crippen LogP contribution in [0.2, 0.25) is 0 Å². The molecular weight excluding hydrogens is 274 g/mol. The van der Waals surface area contributed by atoms with Gasteiger partial charge in [0.25, 0.3) is 5.91 Å². The van der Waals surface area contributed by atoms with E-state index in [1.54, 1.807) is 24.6 Å². The van der Waals surface area contributed by atoms with Gasteiger partial charge in [0.05, 0.1) is 18.7 Å². The highest BCUT2D eigenvalue weighted by atomic mass is 32.1. The van der Waals surface area contributed by atoms with E-state index in [-0.39, 0.29) is 11.8 Å². The first-order valence-corrected chi connectivity index (χ1v) is 7.52. The number of ether oxygens (including phenoxy) is 1. The SMILES string of the molecule is COC[C@@H]1CN(C(=O)c2ccsc2)Cc2nccn2C1. The maximum atomic E-state index is 12.5. The van der Waals surface area contributed by atoms with Gasteiger partial charge in [-0.3, -0.25) is 4.79 Å². The van der Waals surface area contributed by atoms with E-state index in [4.69, 9.17) is 4.74 Å². The summed E-state index contributed by atoms with van der Waals surface area (Å²) in [5.41, 5.74) is 0.756. The van der Waals surface area contributed by atoms with Gasteiger partial charge < -0.3 is 14.2 Å². The lowest BCUT2D eigenvalue weighted by Crippen LogP contribution is -2.35. The highest BCUT2D eigenvalue weighted by molar-refractivity contribution is 7.08. The van der Waals surface area contributed by atoms with Crippen molar-refractivity contribution in [3.63, 3.8) is 0 Å². The minimum atomic E-state index is 0.0730. The number of fused-ring (bicyclic) bond motifs is 1. The molecule has 1 aliphatic rings. The molecule has 20 heavy (non-hydrogen) atoms. The van der Waals surface area contributed by atoms with Crippen LogP contribution in [-0.4, -0.2) is 40.6 Å². The Kier molecular flexibility index (Phi) is 3.84. The molecule has 0 saturated heterocycles. The van der Waals surface area contributed by atoms with Crippen LogP contribution in [0.25, 0.3) is 0 Å². The summed E-state index contributed by atoms with van der Waals surface area (Å²) in [6.07, 6.45) is 3.76. The zero-order valence-electron chi connectivity index (χ0n) is 11.4. The fraction of sp³-hybridized carbons (Fsp3) is 0.429. The number of hydrogen-bond donors (Lipinski definition) is 0. The van der Waals surface area contributed by atoms with Crippen molar-refractivity contribution in [1.82, 2.24) is 14.5 Å². The number of aromatic nitrogens is 2. The number of rotatable bonds is 3. The van der Waals surface area contributed by atoms with Gasteiger partial charge in [-0.2, -0.15) is 11.3 Å². The predicted molar refractivity (Wildman–Crippen MR) is 76.7 cm³/mol. The number of hydrogen-bond acceptors (Lipinski definition) is 4. The molecule has 0 fully saturated rings. The maximum Gasteiger partial charge on any atom is 0.255 e. The Bertz CT molecular complexity index is 579. The van der Waals surface area contributed by atoms with Crippen molar-refractivity contribution in [2.75, 3.05) is 20.3 Å². The van der Waals surface area contributed by atoms with E-state index in [0.29, 0.717) is 19.7 Å². The standard InChI is InChI=1S/C14H17N3O2S/c1-19-9-11-6-16-4-3-15-13(16)8-17(7-11)14(18)12-2-5-20-10-12/h2-5,10-11H,6-9H2,1H3/t11-/m0/s1. The molecule has 0 N–H and O–H groups in total. The van der Waals surface area contributed by atoms with Gasteiger partial charge in [-0.05, 0) is 11.4 Å². The summed E-state index contributed by atoms with van der Waals surface area (Å²) in [6, 6.07) is 1.87. The average molecular weight is 291 g/mol. The van der Waals surface area contributed by atoms with Crippen LogP contribution in [-0.2, 0) is 17.8 Å². The highest BCUT2D eigenvalue weighted by Gasteiger charge is 2.26. The molecule has 3 heterocycles. The largest absolute Gasteiger partial charge is 0.384 e. The number of imidazole rings is 1. The summed E-state index contributed by atoms with van der Waals surface area (Å²) in [7, 11) is 1.70. The molecule has 1 aliphatic heterocycles. The molecule has 0 unspecified atom stereocenters. The maximum absolute atomic E-state index is 12.5. The van der Waals surface area contributed by atoms with Crippen molar-refractivity contribution in [2.24, 2.45) is 5.92 Å². The van der Waals surface area contributed by atoms with Gasteiger partial charge in [-0.1, -0.05) is 0 Å². The second-order valence-electron chi connectivity index (χ2n) is 5.01. The molecule has 106 valence electrons. The molecule has 2 aromatic heterocycles. The summed E-state index contributed by atoms with van der Waals surface area (Å²) in [4.78, 5) is 18.8. The minimum absolute atomic E-state index is 0.0730.